The number of rotatable bonds is 5. The van der Waals surface area contributed by atoms with Crippen LogP contribution in [-0.4, -0.2) is 12.1 Å². The van der Waals surface area contributed by atoms with Crippen molar-refractivity contribution in [1.29, 1.82) is 0 Å². The van der Waals surface area contributed by atoms with Crippen molar-refractivity contribution in [3.8, 4) is 0 Å². The summed E-state index contributed by atoms with van der Waals surface area (Å²) in [6, 6.07) is 27.8. The number of carbonyl (C=O) groups excluding carboxylic acids is 1. The molecule has 0 saturated heterocycles. The van der Waals surface area contributed by atoms with E-state index in [1.807, 2.05) is 48.5 Å². The van der Waals surface area contributed by atoms with Gasteiger partial charge in [0.1, 0.15) is 0 Å². The molecular weight excluding hydrogens is 356 g/mol. The Morgan fingerprint density at radius 3 is 2.19 bits per heavy atom. The minimum absolute atomic E-state index is 0.0685. The molecule has 1 fully saturated rings. The van der Waals surface area contributed by atoms with Crippen LogP contribution in [0, 0.1) is 5.92 Å². The maximum Gasteiger partial charge on any atom is 0.244 e. The molecule has 0 heterocycles. The molecule has 134 valence electrons. The second-order valence-electron chi connectivity index (χ2n) is 6.75. The van der Waals surface area contributed by atoms with E-state index < -0.39 is 0 Å². The molecule has 1 unspecified atom stereocenters. The summed E-state index contributed by atoms with van der Waals surface area (Å²) in [7, 11) is 0. The highest BCUT2D eigenvalue weighted by Crippen LogP contribution is 2.58. The van der Waals surface area contributed by atoms with Crippen molar-refractivity contribution in [3.05, 3.63) is 107 Å². The van der Waals surface area contributed by atoms with Crippen LogP contribution >= 0.6 is 11.6 Å². The third kappa shape index (κ3) is 3.51. The van der Waals surface area contributed by atoms with Gasteiger partial charge in [-0.2, -0.15) is 5.10 Å². The van der Waals surface area contributed by atoms with Gasteiger partial charge in [0.2, 0.25) is 5.91 Å². The largest absolute Gasteiger partial charge is 0.273 e. The summed E-state index contributed by atoms with van der Waals surface area (Å²) in [5, 5.41) is 4.75. The lowest BCUT2D eigenvalue weighted by molar-refractivity contribution is -0.122. The van der Waals surface area contributed by atoms with Crippen molar-refractivity contribution in [2.45, 2.75) is 11.8 Å². The molecule has 4 rings (SSSR count). The summed E-state index contributed by atoms with van der Waals surface area (Å²) in [6.07, 6.45) is 2.39. The molecule has 0 spiro atoms. The van der Waals surface area contributed by atoms with Crippen LogP contribution in [-0.2, 0) is 10.2 Å². The van der Waals surface area contributed by atoms with Gasteiger partial charge in [-0.3, -0.25) is 4.79 Å². The SMILES string of the molecule is O=C(N/N=C\c1cccc(Cl)c1)C1CC1(c1ccccc1)c1ccccc1. The van der Waals surface area contributed by atoms with Crippen LogP contribution in [0.3, 0.4) is 0 Å². The Morgan fingerprint density at radius 2 is 1.59 bits per heavy atom. The summed E-state index contributed by atoms with van der Waals surface area (Å²) >= 11 is 5.97. The van der Waals surface area contributed by atoms with Crippen LogP contribution in [0.15, 0.2) is 90.0 Å². The lowest BCUT2D eigenvalue weighted by Gasteiger charge is -2.18. The van der Waals surface area contributed by atoms with E-state index in [1.54, 1.807) is 18.3 Å². The average Bonchev–Trinajstić information content (AvgIpc) is 3.47. The van der Waals surface area contributed by atoms with Crippen LogP contribution in [0.2, 0.25) is 5.02 Å². The fourth-order valence-corrected chi connectivity index (χ4v) is 3.89. The van der Waals surface area contributed by atoms with Gasteiger partial charge in [0, 0.05) is 10.4 Å². The third-order valence-corrected chi connectivity index (χ3v) is 5.33. The van der Waals surface area contributed by atoms with Gasteiger partial charge in [0.25, 0.3) is 0 Å². The normalized spacial score (nSPS) is 17.6. The van der Waals surface area contributed by atoms with Crippen LogP contribution in [0.4, 0.5) is 0 Å². The second-order valence-corrected chi connectivity index (χ2v) is 7.19. The molecule has 1 saturated carbocycles. The topological polar surface area (TPSA) is 41.5 Å². The second kappa shape index (κ2) is 7.37. The van der Waals surface area contributed by atoms with Crippen molar-refractivity contribution >= 4 is 23.7 Å². The third-order valence-electron chi connectivity index (χ3n) is 5.09. The smallest absolute Gasteiger partial charge is 0.244 e. The molecule has 0 bridgehead atoms. The van der Waals surface area contributed by atoms with Crippen LogP contribution in [0.1, 0.15) is 23.1 Å². The molecule has 3 aromatic carbocycles. The first-order valence-electron chi connectivity index (χ1n) is 8.90. The molecule has 0 aliphatic heterocycles. The standard InChI is InChI=1S/C23H19ClN2O/c24-20-13-7-8-17(14-20)16-25-26-22(27)21-15-23(21,18-9-3-1-4-10-18)19-11-5-2-6-12-19/h1-14,16,21H,15H2,(H,26,27)/b25-16-. The van der Waals surface area contributed by atoms with E-state index in [0.717, 1.165) is 23.1 Å². The first-order chi connectivity index (χ1) is 13.2. The minimum Gasteiger partial charge on any atom is -0.273 e. The quantitative estimate of drug-likeness (QED) is 0.506. The number of benzene rings is 3. The Labute approximate surface area is 163 Å². The van der Waals surface area contributed by atoms with Crippen molar-refractivity contribution in [1.82, 2.24) is 5.43 Å². The molecule has 0 radical (unpaired) electrons. The molecule has 0 aromatic heterocycles. The highest BCUT2D eigenvalue weighted by Gasteiger charge is 2.60. The van der Waals surface area contributed by atoms with E-state index >= 15 is 0 Å². The predicted octanol–water partition coefficient (Wildman–Crippen LogP) is 4.80. The van der Waals surface area contributed by atoms with Gasteiger partial charge < -0.3 is 0 Å². The van der Waals surface area contributed by atoms with E-state index in [2.05, 4.69) is 34.8 Å². The van der Waals surface area contributed by atoms with E-state index in [0.29, 0.717) is 5.02 Å². The number of hydrazone groups is 1. The van der Waals surface area contributed by atoms with Crippen molar-refractivity contribution < 1.29 is 4.79 Å². The number of nitrogens with zero attached hydrogens (tertiary/aromatic N) is 1. The molecule has 1 N–H and O–H groups in total. The number of amides is 1. The van der Waals surface area contributed by atoms with Gasteiger partial charge in [0.15, 0.2) is 0 Å². The number of carbonyl (C=O) groups is 1. The predicted molar refractivity (Wildman–Crippen MR) is 109 cm³/mol. The van der Waals surface area contributed by atoms with Gasteiger partial charge in [0.05, 0.1) is 12.1 Å². The van der Waals surface area contributed by atoms with Crippen LogP contribution in [0.25, 0.3) is 0 Å². The monoisotopic (exact) mass is 374 g/mol. The number of nitrogens with one attached hydrogen (secondary N) is 1. The lowest BCUT2D eigenvalue weighted by Crippen LogP contribution is -2.25. The van der Waals surface area contributed by atoms with Gasteiger partial charge in [-0.15, -0.1) is 0 Å². The summed E-state index contributed by atoms with van der Waals surface area (Å²) < 4.78 is 0. The molecule has 4 heteroatoms. The summed E-state index contributed by atoms with van der Waals surface area (Å²) in [5.41, 5.74) is 5.58. The Bertz CT molecular complexity index is 930. The van der Waals surface area contributed by atoms with E-state index in [4.69, 9.17) is 11.6 Å². The first kappa shape index (κ1) is 17.5. The first-order valence-corrected chi connectivity index (χ1v) is 9.27. The average molecular weight is 375 g/mol. The maximum absolute atomic E-state index is 12.8. The maximum atomic E-state index is 12.8. The van der Waals surface area contributed by atoms with Gasteiger partial charge in [-0.1, -0.05) is 84.4 Å². The summed E-state index contributed by atoms with van der Waals surface area (Å²) in [5.74, 6) is -0.209. The van der Waals surface area contributed by atoms with Crippen molar-refractivity contribution in [2.75, 3.05) is 0 Å². The molecule has 1 atom stereocenters. The van der Waals surface area contributed by atoms with E-state index in [-0.39, 0.29) is 17.2 Å². The molecular formula is C23H19ClN2O. The zero-order valence-corrected chi connectivity index (χ0v) is 15.4. The Hall–Kier alpha value is -2.91. The summed E-state index contributed by atoms with van der Waals surface area (Å²) in [4.78, 5) is 12.8. The van der Waals surface area contributed by atoms with Gasteiger partial charge in [-0.25, -0.2) is 5.43 Å². The van der Waals surface area contributed by atoms with Crippen molar-refractivity contribution in [2.24, 2.45) is 11.0 Å². The Balaban J connectivity index is 1.54. The fraction of sp³-hybridized carbons (Fsp3) is 0.130. The molecule has 3 aromatic rings. The zero-order valence-electron chi connectivity index (χ0n) is 14.7. The molecule has 1 aliphatic rings. The fourth-order valence-electron chi connectivity index (χ4n) is 3.69. The number of halogens is 1. The molecule has 1 amide bonds. The van der Waals surface area contributed by atoms with E-state index in [1.165, 1.54) is 0 Å². The van der Waals surface area contributed by atoms with Crippen LogP contribution < -0.4 is 5.43 Å². The minimum atomic E-state index is -0.280. The van der Waals surface area contributed by atoms with Gasteiger partial charge in [-0.05, 0) is 35.2 Å². The zero-order chi connectivity index (χ0) is 18.7. The Morgan fingerprint density at radius 1 is 0.963 bits per heavy atom. The molecule has 1 aliphatic carbocycles. The molecule has 3 nitrogen and oxygen atoms in total. The Kier molecular flexibility index (Phi) is 4.78. The molecule has 27 heavy (non-hydrogen) atoms. The highest BCUT2D eigenvalue weighted by molar-refractivity contribution is 6.30. The highest BCUT2D eigenvalue weighted by atomic mass is 35.5. The lowest BCUT2D eigenvalue weighted by atomic mass is 9.85. The number of hydrogen-bond acceptors (Lipinski definition) is 2. The van der Waals surface area contributed by atoms with Gasteiger partial charge >= 0.3 is 0 Å². The van der Waals surface area contributed by atoms with E-state index in [9.17, 15) is 4.79 Å². The van der Waals surface area contributed by atoms with Crippen LogP contribution in [0.5, 0.6) is 0 Å². The van der Waals surface area contributed by atoms with Crippen molar-refractivity contribution in [3.63, 3.8) is 0 Å². The number of hydrogen-bond donors (Lipinski definition) is 1. The summed E-state index contributed by atoms with van der Waals surface area (Å²) in [6.45, 7) is 0.